The molecule has 1 heterocycles. The van der Waals surface area contributed by atoms with E-state index in [0.29, 0.717) is 12.4 Å². The standard InChI is InChI=1S/C20H33FN4O2.HI/c1-2-22-20(24-11-5-12-25-13-16-26-17-14-25)23-10-3-4-15-27-19-8-6-18(21)7-9-19;/h6-9H,2-5,10-17H2,1H3,(H2,22,23,24);1H. The van der Waals surface area contributed by atoms with Gasteiger partial charge in [-0.3, -0.25) is 9.89 Å². The third kappa shape index (κ3) is 11.0. The van der Waals surface area contributed by atoms with E-state index in [4.69, 9.17) is 9.47 Å². The Morgan fingerprint density at radius 1 is 1.14 bits per heavy atom. The maximum atomic E-state index is 12.8. The van der Waals surface area contributed by atoms with Crippen molar-refractivity contribution < 1.29 is 13.9 Å². The number of ether oxygens (including phenoxy) is 2. The molecule has 28 heavy (non-hydrogen) atoms. The van der Waals surface area contributed by atoms with E-state index >= 15 is 0 Å². The molecule has 0 atom stereocenters. The molecule has 0 radical (unpaired) electrons. The molecule has 1 aliphatic rings. The number of guanidine groups is 1. The summed E-state index contributed by atoms with van der Waals surface area (Å²) in [5, 5.41) is 6.65. The Hall–Kier alpha value is -1.13. The molecule has 0 unspecified atom stereocenters. The second kappa shape index (κ2) is 15.8. The summed E-state index contributed by atoms with van der Waals surface area (Å²) in [5.74, 6) is 1.34. The smallest absolute Gasteiger partial charge is 0.191 e. The molecular formula is C20H34FIN4O2. The molecule has 2 rings (SSSR count). The fourth-order valence-corrected chi connectivity index (χ4v) is 2.81. The van der Waals surface area contributed by atoms with Crippen molar-refractivity contribution in [1.29, 1.82) is 0 Å². The van der Waals surface area contributed by atoms with Crippen molar-refractivity contribution in [2.24, 2.45) is 4.99 Å². The number of nitrogens with zero attached hydrogens (tertiary/aromatic N) is 2. The first-order chi connectivity index (χ1) is 13.3. The van der Waals surface area contributed by atoms with Crippen LogP contribution in [0.5, 0.6) is 5.75 Å². The predicted octanol–water partition coefficient (Wildman–Crippen LogP) is 2.88. The van der Waals surface area contributed by atoms with Gasteiger partial charge in [0.1, 0.15) is 11.6 Å². The number of aliphatic imine (C=N–C) groups is 1. The van der Waals surface area contributed by atoms with E-state index in [-0.39, 0.29) is 29.8 Å². The van der Waals surface area contributed by atoms with E-state index in [0.717, 1.165) is 77.7 Å². The maximum absolute atomic E-state index is 12.8. The van der Waals surface area contributed by atoms with Crippen LogP contribution in [0.3, 0.4) is 0 Å². The monoisotopic (exact) mass is 508 g/mol. The van der Waals surface area contributed by atoms with E-state index in [2.05, 4.69) is 27.4 Å². The summed E-state index contributed by atoms with van der Waals surface area (Å²) in [6, 6.07) is 6.13. The van der Waals surface area contributed by atoms with Gasteiger partial charge in [0.05, 0.1) is 19.8 Å². The Balaban J connectivity index is 0.00000392. The lowest BCUT2D eigenvalue weighted by atomic mass is 10.3. The van der Waals surface area contributed by atoms with Crippen molar-refractivity contribution >= 4 is 29.9 Å². The third-order valence-electron chi connectivity index (χ3n) is 4.30. The van der Waals surface area contributed by atoms with Crippen LogP contribution in [0.2, 0.25) is 0 Å². The average Bonchev–Trinajstić information content (AvgIpc) is 2.70. The largest absolute Gasteiger partial charge is 0.494 e. The fourth-order valence-electron chi connectivity index (χ4n) is 2.81. The van der Waals surface area contributed by atoms with Gasteiger partial charge in [0.15, 0.2) is 5.96 Å². The zero-order valence-electron chi connectivity index (χ0n) is 16.8. The highest BCUT2D eigenvalue weighted by Crippen LogP contribution is 2.11. The molecule has 1 aromatic carbocycles. The second-order valence-corrected chi connectivity index (χ2v) is 6.50. The number of morpholine rings is 1. The first-order valence-electron chi connectivity index (χ1n) is 9.98. The highest BCUT2D eigenvalue weighted by atomic mass is 127. The lowest BCUT2D eigenvalue weighted by Gasteiger charge is -2.26. The minimum Gasteiger partial charge on any atom is -0.494 e. The quantitative estimate of drug-likeness (QED) is 0.209. The van der Waals surface area contributed by atoms with Crippen LogP contribution < -0.4 is 15.4 Å². The van der Waals surface area contributed by atoms with Gasteiger partial charge in [-0.1, -0.05) is 0 Å². The van der Waals surface area contributed by atoms with Gasteiger partial charge in [-0.2, -0.15) is 0 Å². The van der Waals surface area contributed by atoms with Crippen molar-refractivity contribution in [1.82, 2.24) is 15.5 Å². The fraction of sp³-hybridized carbons (Fsp3) is 0.650. The van der Waals surface area contributed by atoms with Crippen LogP contribution in [-0.2, 0) is 4.74 Å². The molecule has 1 fully saturated rings. The number of rotatable bonds is 11. The molecule has 6 nitrogen and oxygen atoms in total. The summed E-state index contributed by atoms with van der Waals surface area (Å²) >= 11 is 0. The first-order valence-corrected chi connectivity index (χ1v) is 9.98. The van der Waals surface area contributed by atoms with Crippen molar-refractivity contribution in [3.8, 4) is 5.75 Å². The summed E-state index contributed by atoms with van der Waals surface area (Å²) in [6.07, 6.45) is 2.97. The lowest BCUT2D eigenvalue weighted by molar-refractivity contribution is 0.0377. The van der Waals surface area contributed by atoms with Crippen molar-refractivity contribution in [3.05, 3.63) is 30.1 Å². The highest BCUT2D eigenvalue weighted by molar-refractivity contribution is 14.0. The van der Waals surface area contributed by atoms with Gasteiger partial charge >= 0.3 is 0 Å². The summed E-state index contributed by atoms with van der Waals surface area (Å²) < 4.78 is 23.8. The van der Waals surface area contributed by atoms with Crippen molar-refractivity contribution in [3.63, 3.8) is 0 Å². The molecule has 0 aromatic heterocycles. The minimum absolute atomic E-state index is 0. The van der Waals surface area contributed by atoms with Crippen LogP contribution in [0.25, 0.3) is 0 Å². The molecule has 8 heteroatoms. The van der Waals surface area contributed by atoms with E-state index in [9.17, 15) is 4.39 Å². The molecule has 1 saturated heterocycles. The van der Waals surface area contributed by atoms with E-state index < -0.39 is 0 Å². The Morgan fingerprint density at radius 2 is 1.89 bits per heavy atom. The molecule has 0 aliphatic carbocycles. The summed E-state index contributed by atoms with van der Waals surface area (Å²) in [7, 11) is 0. The Kier molecular flexibility index (Phi) is 14.0. The van der Waals surface area contributed by atoms with E-state index in [1.54, 1.807) is 12.1 Å². The Bertz CT molecular complexity index is 540. The second-order valence-electron chi connectivity index (χ2n) is 6.50. The van der Waals surface area contributed by atoms with Gasteiger partial charge in [-0.05, 0) is 50.5 Å². The van der Waals surface area contributed by atoms with Crippen LogP contribution in [0.1, 0.15) is 26.2 Å². The molecule has 1 aromatic rings. The molecule has 1 aliphatic heterocycles. The Morgan fingerprint density at radius 3 is 2.61 bits per heavy atom. The number of benzene rings is 1. The molecule has 0 amide bonds. The third-order valence-corrected chi connectivity index (χ3v) is 4.30. The Labute approximate surface area is 185 Å². The number of hydrogen-bond donors (Lipinski definition) is 2. The van der Waals surface area contributed by atoms with Gasteiger partial charge in [-0.25, -0.2) is 4.39 Å². The van der Waals surface area contributed by atoms with Crippen molar-refractivity contribution in [2.45, 2.75) is 26.2 Å². The SMILES string of the molecule is CCNC(=NCCCN1CCOCC1)NCCCCOc1ccc(F)cc1.I. The predicted molar refractivity (Wildman–Crippen MR) is 122 cm³/mol. The van der Waals surface area contributed by atoms with E-state index in [1.165, 1.54) is 12.1 Å². The normalized spacial score (nSPS) is 15.0. The zero-order valence-corrected chi connectivity index (χ0v) is 19.1. The van der Waals surface area contributed by atoms with Crippen LogP contribution in [0, 0.1) is 5.82 Å². The summed E-state index contributed by atoms with van der Waals surface area (Å²) in [6.45, 7) is 10.0. The summed E-state index contributed by atoms with van der Waals surface area (Å²) in [4.78, 5) is 7.07. The van der Waals surface area contributed by atoms with Crippen molar-refractivity contribution in [2.75, 3.05) is 59.1 Å². The molecule has 0 saturated carbocycles. The molecule has 2 N–H and O–H groups in total. The number of hydrogen-bond acceptors (Lipinski definition) is 4. The molecule has 0 bridgehead atoms. The number of unbranched alkanes of at least 4 members (excludes halogenated alkanes) is 1. The highest BCUT2D eigenvalue weighted by Gasteiger charge is 2.09. The van der Waals surface area contributed by atoms with Crippen LogP contribution in [0.15, 0.2) is 29.3 Å². The van der Waals surface area contributed by atoms with Gasteiger partial charge < -0.3 is 20.1 Å². The summed E-state index contributed by atoms with van der Waals surface area (Å²) in [5.41, 5.74) is 0. The molecule has 160 valence electrons. The molecule has 0 spiro atoms. The zero-order chi connectivity index (χ0) is 19.2. The minimum atomic E-state index is -0.244. The van der Waals surface area contributed by atoms with Crippen LogP contribution in [0.4, 0.5) is 4.39 Å². The van der Waals surface area contributed by atoms with Gasteiger partial charge in [-0.15, -0.1) is 24.0 Å². The average molecular weight is 508 g/mol. The lowest BCUT2D eigenvalue weighted by Crippen LogP contribution is -2.38. The van der Waals surface area contributed by atoms with Gasteiger partial charge in [0.2, 0.25) is 0 Å². The van der Waals surface area contributed by atoms with Gasteiger partial charge in [0.25, 0.3) is 0 Å². The van der Waals surface area contributed by atoms with Gasteiger partial charge in [0, 0.05) is 39.3 Å². The van der Waals surface area contributed by atoms with Crippen LogP contribution >= 0.6 is 24.0 Å². The molecular weight excluding hydrogens is 474 g/mol. The first kappa shape index (κ1) is 24.9. The maximum Gasteiger partial charge on any atom is 0.191 e. The van der Waals surface area contributed by atoms with E-state index in [1.807, 2.05) is 0 Å². The topological polar surface area (TPSA) is 58.1 Å². The van der Waals surface area contributed by atoms with Crippen LogP contribution in [-0.4, -0.2) is 69.9 Å². The number of nitrogens with one attached hydrogen (secondary N) is 2. The number of halogens is 2.